The SMILES string of the molecule is CC(C)(O)Cn1cc(N)c(=O)c(Br)c1. The normalized spacial score (nSPS) is 11.7. The molecule has 14 heavy (non-hydrogen) atoms. The molecule has 0 aliphatic heterocycles. The number of halogens is 1. The monoisotopic (exact) mass is 260 g/mol. The van der Waals surface area contributed by atoms with E-state index in [2.05, 4.69) is 15.9 Å². The van der Waals surface area contributed by atoms with Gasteiger partial charge in [0.25, 0.3) is 0 Å². The fraction of sp³-hybridized carbons (Fsp3) is 0.444. The molecule has 0 spiro atoms. The number of hydrogen-bond donors (Lipinski definition) is 2. The zero-order chi connectivity index (χ0) is 10.9. The molecule has 1 aromatic heterocycles. The number of aliphatic hydroxyl groups is 1. The Morgan fingerprint density at radius 3 is 2.57 bits per heavy atom. The molecule has 78 valence electrons. The van der Waals surface area contributed by atoms with Crippen molar-refractivity contribution in [2.75, 3.05) is 5.73 Å². The van der Waals surface area contributed by atoms with Gasteiger partial charge in [-0.2, -0.15) is 0 Å². The van der Waals surface area contributed by atoms with E-state index in [1.165, 1.54) is 6.20 Å². The van der Waals surface area contributed by atoms with Crippen molar-refractivity contribution >= 4 is 21.6 Å². The van der Waals surface area contributed by atoms with Crippen molar-refractivity contribution < 1.29 is 5.11 Å². The molecule has 0 unspecified atom stereocenters. The summed E-state index contributed by atoms with van der Waals surface area (Å²) in [6, 6.07) is 0. The van der Waals surface area contributed by atoms with Crippen LogP contribution in [0.1, 0.15) is 13.8 Å². The van der Waals surface area contributed by atoms with Crippen LogP contribution in [-0.4, -0.2) is 15.3 Å². The van der Waals surface area contributed by atoms with Crippen molar-refractivity contribution in [1.29, 1.82) is 0 Å². The third-order valence-corrected chi connectivity index (χ3v) is 2.20. The van der Waals surface area contributed by atoms with Crippen LogP contribution in [-0.2, 0) is 6.54 Å². The quantitative estimate of drug-likeness (QED) is 0.833. The summed E-state index contributed by atoms with van der Waals surface area (Å²) in [4.78, 5) is 11.2. The van der Waals surface area contributed by atoms with Gasteiger partial charge >= 0.3 is 0 Å². The first-order chi connectivity index (χ1) is 6.29. The summed E-state index contributed by atoms with van der Waals surface area (Å²) >= 11 is 3.11. The third-order valence-electron chi connectivity index (χ3n) is 1.63. The van der Waals surface area contributed by atoms with Crippen LogP contribution in [0.25, 0.3) is 0 Å². The molecule has 1 aromatic rings. The van der Waals surface area contributed by atoms with Crippen molar-refractivity contribution in [3.05, 3.63) is 27.1 Å². The van der Waals surface area contributed by atoms with Crippen LogP contribution in [0.5, 0.6) is 0 Å². The van der Waals surface area contributed by atoms with E-state index in [1.54, 1.807) is 24.6 Å². The molecule has 0 radical (unpaired) electrons. The highest BCUT2D eigenvalue weighted by atomic mass is 79.9. The van der Waals surface area contributed by atoms with Gasteiger partial charge in [0.05, 0.1) is 22.3 Å². The van der Waals surface area contributed by atoms with Crippen LogP contribution < -0.4 is 11.2 Å². The van der Waals surface area contributed by atoms with Crippen LogP contribution in [0.15, 0.2) is 21.7 Å². The summed E-state index contributed by atoms with van der Waals surface area (Å²) < 4.78 is 2.09. The number of nitrogen functional groups attached to an aromatic ring is 1. The molecule has 1 rings (SSSR count). The Morgan fingerprint density at radius 2 is 2.14 bits per heavy atom. The van der Waals surface area contributed by atoms with Crippen molar-refractivity contribution in [2.45, 2.75) is 26.0 Å². The molecule has 0 aromatic carbocycles. The lowest BCUT2D eigenvalue weighted by molar-refractivity contribution is 0.0614. The predicted molar refractivity (Wildman–Crippen MR) is 59.1 cm³/mol. The summed E-state index contributed by atoms with van der Waals surface area (Å²) in [5, 5.41) is 9.57. The molecule has 5 heteroatoms. The van der Waals surface area contributed by atoms with Crippen molar-refractivity contribution in [2.24, 2.45) is 0 Å². The fourth-order valence-corrected chi connectivity index (χ4v) is 1.65. The molecular formula is C9H13BrN2O2. The Hall–Kier alpha value is -0.810. The molecule has 0 bridgehead atoms. The van der Waals surface area contributed by atoms with E-state index in [0.29, 0.717) is 11.0 Å². The predicted octanol–water partition coefficient (Wildman–Crippen LogP) is 0.964. The number of rotatable bonds is 2. The fourth-order valence-electron chi connectivity index (χ4n) is 1.15. The second-order valence-corrected chi connectivity index (χ2v) is 4.73. The van der Waals surface area contributed by atoms with Crippen molar-refractivity contribution in [3.63, 3.8) is 0 Å². The van der Waals surface area contributed by atoms with Gasteiger partial charge in [-0.1, -0.05) is 0 Å². The molecule has 0 aliphatic carbocycles. The van der Waals surface area contributed by atoms with Gasteiger partial charge in [0.1, 0.15) is 0 Å². The maximum Gasteiger partial charge on any atom is 0.218 e. The zero-order valence-electron chi connectivity index (χ0n) is 8.12. The number of aromatic nitrogens is 1. The van der Waals surface area contributed by atoms with Gasteiger partial charge in [-0.25, -0.2) is 0 Å². The maximum atomic E-state index is 11.2. The second kappa shape index (κ2) is 3.74. The highest BCUT2D eigenvalue weighted by Crippen LogP contribution is 2.10. The average molecular weight is 261 g/mol. The van der Waals surface area contributed by atoms with Crippen molar-refractivity contribution in [3.8, 4) is 0 Å². The molecule has 0 saturated carbocycles. The van der Waals surface area contributed by atoms with Crippen LogP contribution in [0.2, 0.25) is 0 Å². The standard InChI is InChI=1S/C9H13BrN2O2/c1-9(2,14)5-12-3-6(10)8(13)7(11)4-12/h3-4,14H,5,11H2,1-2H3. The van der Waals surface area contributed by atoms with E-state index < -0.39 is 5.60 Å². The van der Waals surface area contributed by atoms with Gasteiger partial charge in [0, 0.05) is 12.4 Å². The van der Waals surface area contributed by atoms with Crippen LogP contribution in [0.3, 0.4) is 0 Å². The molecule has 3 N–H and O–H groups in total. The van der Waals surface area contributed by atoms with E-state index in [0.717, 1.165) is 0 Å². The van der Waals surface area contributed by atoms with E-state index in [1.807, 2.05) is 0 Å². The first-order valence-electron chi connectivity index (χ1n) is 4.17. The number of nitrogens with zero attached hydrogens (tertiary/aromatic N) is 1. The van der Waals surface area contributed by atoms with Gasteiger partial charge in [0.2, 0.25) is 5.43 Å². The summed E-state index contributed by atoms with van der Waals surface area (Å²) in [6.07, 6.45) is 3.13. The number of anilines is 1. The van der Waals surface area contributed by atoms with E-state index in [9.17, 15) is 9.90 Å². The Kier molecular flexibility index (Phi) is 3.01. The molecule has 0 atom stereocenters. The Bertz CT molecular complexity index is 367. The van der Waals surface area contributed by atoms with Gasteiger partial charge in [-0.15, -0.1) is 0 Å². The molecule has 1 heterocycles. The third kappa shape index (κ3) is 2.85. The average Bonchev–Trinajstić information content (AvgIpc) is 1.96. The minimum atomic E-state index is -0.832. The largest absolute Gasteiger partial charge is 0.394 e. The van der Waals surface area contributed by atoms with E-state index >= 15 is 0 Å². The lowest BCUT2D eigenvalue weighted by Crippen LogP contribution is -2.27. The number of nitrogens with two attached hydrogens (primary N) is 1. The summed E-state index contributed by atoms with van der Waals surface area (Å²) in [5.41, 5.74) is 4.61. The highest BCUT2D eigenvalue weighted by Gasteiger charge is 2.13. The smallest absolute Gasteiger partial charge is 0.218 e. The molecular weight excluding hydrogens is 248 g/mol. The second-order valence-electron chi connectivity index (χ2n) is 3.88. The van der Waals surface area contributed by atoms with Gasteiger partial charge in [-0.3, -0.25) is 4.79 Å². The van der Waals surface area contributed by atoms with Gasteiger partial charge < -0.3 is 15.4 Å². The van der Waals surface area contributed by atoms with Crippen LogP contribution >= 0.6 is 15.9 Å². The number of hydrogen-bond acceptors (Lipinski definition) is 3. The van der Waals surface area contributed by atoms with Gasteiger partial charge in [-0.05, 0) is 29.8 Å². The molecule has 0 fully saturated rings. The Morgan fingerprint density at radius 1 is 1.57 bits per heavy atom. The zero-order valence-corrected chi connectivity index (χ0v) is 9.71. The maximum absolute atomic E-state index is 11.2. The lowest BCUT2D eigenvalue weighted by Gasteiger charge is -2.19. The summed E-state index contributed by atoms with van der Waals surface area (Å²) in [5.74, 6) is 0. The molecule has 0 amide bonds. The Labute approximate surface area is 90.5 Å². The van der Waals surface area contributed by atoms with E-state index in [4.69, 9.17) is 5.73 Å². The minimum absolute atomic E-state index is 0.170. The lowest BCUT2D eigenvalue weighted by atomic mass is 10.1. The minimum Gasteiger partial charge on any atom is -0.394 e. The first-order valence-corrected chi connectivity index (χ1v) is 4.96. The highest BCUT2D eigenvalue weighted by molar-refractivity contribution is 9.10. The Balaban J connectivity index is 3.08. The first kappa shape index (κ1) is 11.3. The van der Waals surface area contributed by atoms with Gasteiger partial charge in [0.15, 0.2) is 0 Å². The van der Waals surface area contributed by atoms with Crippen LogP contribution in [0, 0.1) is 0 Å². The molecule has 4 nitrogen and oxygen atoms in total. The molecule has 0 saturated heterocycles. The van der Waals surface area contributed by atoms with E-state index in [-0.39, 0.29) is 11.1 Å². The topological polar surface area (TPSA) is 68.2 Å². The summed E-state index contributed by atoms with van der Waals surface area (Å²) in [6.45, 7) is 3.76. The summed E-state index contributed by atoms with van der Waals surface area (Å²) in [7, 11) is 0. The molecule has 0 aliphatic rings. The number of pyridine rings is 1. The van der Waals surface area contributed by atoms with Crippen LogP contribution in [0.4, 0.5) is 5.69 Å². The van der Waals surface area contributed by atoms with Crippen molar-refractivity contribution in [1.82, 2.24) is 4.57 Å².